The van der Waals surface area contributed by atoms with Crippen molar-refractivity contribution in [2.45, 2.75) is 32.2 Å². The van der Waals surface area contributed by atoms with Crippen molar-refractivity contribution in [3.05, 3.63) is 47.8 Å². The van der Waals surface area contributed by atoms with Gasteiger partial charge in [0.2, 0.25) is 18.3 Å². The van der Waals surface area contributed by atoms with Gasteiger partial charge in [0.25, 0.3) is 5.91 Å². The van der Waals surface area contributed by atoms with E-state index in [9.17, 15) is 13.6 Å². The van der Waals surface area contributed by atoms with E-state index in [0.29, 0.717) is 59.4 Å². The normalized spacial score (nSPS) is 20.8. The lowest BCUT2D eigenvalue weighted by Crippen LogP contribution is -2.40. The average molecular weight is 538 g/mol. The van der Waals surface area contributed by atoms with Crippen molar-refractivity contribution in [1.82, 2.24) is 14.8 Å². The number of aryl methyl sites for hydroxylation is 2. The number of nitrogens with zero attached hydrogens (tertiary/aromatic N) is 5. The van der Waals surface area contributed by atoms with Gasteiger partial charge in [-0.25, -0.2) is 13.5 Å². The molecule has 0 spiro atoms. The Bertz CT molecular complexity index is 1440. The minimum absolute atomic E-state index is 0.00932. The summed E-state index contributed by atoms with van der Waals surface area (Å²) in [4.78, 5) is 24.1. The van der Waals surface area contributed by atoms with E-state index < -0.39 is 18.3 Å². The van der Waals surface area contributed by atoms with Crippen LogP contribution >= 0.6 is 0 Å². The summed E-state index contributed by atoms with van der Waals surface area (Å²) in [5, 5.41) is 10.9. The highest BCUT2D eigenvalue weighted by molar-refractivity contribution is 6.19. The fraction of sp³-hybridized carbons (Fsp3) is 0.407. The molecule has 12 heteroatoms. The number of halogens is 2. The Balaban J connectivity index is 1.40. The van der Waals surface area contributed by atoms with Crippen molar-refractivity contribution in [2.75, 3.05) is 41.9 Å². The summed E-state index contributed by atoms with van der Waals surface area (Å²) in [5.74, 6) is -0.793. The van der Waals surface area contributed by atoms with Crippen LogP contribution in [0.15, 0.2) is 41.5 Å². The summed E-state index contributed by atoms with van der Waals surface area (Å²) >= 11 is 0. The van der Waals surface area contributed by atoms with Gasteiger partial charge in [-0.1, -0.05) is 0 Å². The average Bonchev–Trinajstić information content (AvgIpc) is 3.41. The Morgan fingerprint density at radius 2 is 2.05 bits per heavy atom. The molecule has 1 saturated heterocycles. The van der Waals surface area contributed by atoms with Crippen LogP contribution in [0.3, 0.4) is 0 Å². The number of ether oxygens (including phenoxy) is 2. The lowest BCUT2D eigenvalue weighted by atomic mass is 10.0. The molecule has 204 valence electrons. The first-order valence-corrected chi connectivity index (χ1v) is 12.9. The first kappa shape index (κ1) is 25.2. The van der Waals surface area contributed by atoms with E-state index in [2.05, 4.69) is 25.7 Å². The second kappa shape index (κ2) is 10.3. The number of pyridine rings is 1. The van der Waals surface area contributed by atoms with Crippen LogP contribution in [-0.2, 0) is 11.8 Å². The van der Waals surface area contributed by atoms with E-state index in [1.807, 2.05) is 18.2 Å². The zero-order valence-corrected chi connectivity index (χ0v) is 21.7. The van der Waals surface area contributed by atoms with Crippen LogP contribution in [-0.4, -0.2) is 65.5 Å². The number of nitrogens with one attached hydrogen (secondary N) is 2. The minimum Gasteiger partial charge on any atom is -0.477 e. The first-order chi connectivity index (χ1) is 18.9. The Morgan fingerprint density at radius 3 is 2.82 bits per heavy atom. The lowest BCUT2D eigenvalue weighted by Gasteiger charge is -2.28. The maximum Gasteiger partial charge on any atom is 0.280 e. The number of hydrogen-bond acceptors (Lipinski definition) is 8. The van der Waals surface area contributed by atoms with Crippen molar-refractivity contribution >= 4 is 28.9 Å². The van der Waals surface area contributed by atoms with Crippen molar-refractivity contribution < 1.29 is 23.0 Å². The fourth-order valence-electron chi connectivity index (χ4n) is 5.00. The molecule has 0 saturated carbocycles. The van der Waals surface area contributed by atoms with Crippen molar-refractivity contribution in [2.24, 2.45) is 18.0 Å². The second-order valence-corrected chi connectivity index (χ2v) is 10.0. The smallest absolute Gasteiger partial charge is 0.280 e. The molecular weight excluding hydrogens is 508 g/mol. The van der Waals surface area contributed by atoms with E-state index >= 15 is 0 Å². The molecule has 1 fully saturated rings. The van der Waals surface area contributed by atoms with Crippen LogP contribution < -0.4 is 20.3 Å². The number of carbonyl (C=O) groups excluding carboxylic acids is 1. The lowest BCUT2D eigenvalue weighted by molar-refractivity contribution is 0.0211. The quantitative estimate of drug-likeness (QED) is 0.515. The Labute approximate surface area is 224 Å². The van der Waals surface area contributed by atoms with Gasteiger partial charge in [0.05, 0.1) is 54.7 Å². The molecule has 1 unspecified atom stereocenters. The Kier molecular flexibility index (Phi) is 6.63. The molecule has 39 heavy (non-hydrogen) atoms. The van der Waals surface area contributed by atoms with E-state index in [-0.39, 0.29) is 31.6 Å². The van der Waals surface area contributed by atoms with E-state index in [0.717, 1.165) is 5.69 Å². The molecule has 6 rings (SSSR count). The second-order valence-electron chi connectivity index (χ2n) is 10.0. The molecule has 3 aliphatic heterocycles. The number of rotatable bonds is 3. The summed E-state index contributed by atoms with van der Waals surface area (Å²) in [6, 6.07) is 9.19. The van der Waals surface area contributed by atoms with Crippen molar-refractivity contribution in [1.29, 1.82) is 0 Å². The molecule has 5 heterocycles. The SMILES string of the molecule is Cc1cc2cc(n1)-c1cnn(C)c1OCCCC(C(F)F)CN1/C(=N/C2=O)Nc2cc(NC3COC3)ccc21. The van der Waals surface area contributed by atoms with Gasteiger partial charge in [0.15, 0.2) is 0 Å². The maximum atomic E-state index is 14.2. The number of benzene rings is 1. The predicted octanol–water partition coefficient (Wildman–Crippen LogP) is 4.08. The largest absolute Gasteiger partial charge is 0.477 e. The first-order valence-electron chi connectivity index (χ1n) is 12.9. The molecule has 3 aromatic rings. The third-order valence-electron chi connectivity index (χ3n) is 7.10. The summed E-state index contributed by atoms with van der Waals surface area (Å²) in [5.41, 5.74) is 4.34. The third-order valence-corrected chi connectivity index (χ3v) is 7.10. The van der Waals surface area contributed by atoms with Crippen molar-refractivity contribution in [3.63, 3.8) is 0 Å². The van der Waals surface area contributed by atoms with E-state index in [4.69, 9.17) is 9.47 Å². The van der Waals surface area contributed by atoms with Gasteiger partial charge in [-0.2, -0.15) is 10.1 Å². The summed E-state index contributed by atoms with van der Waals surface area (Å²) in [6.45, 7) is 3.29. The number of anilines is 3. The van der Waals surface area contributed by atoms with Gasteiger partial charge in [-0.3, -0.25) is 9.78 Å². The molecule has 10 nitrogen and oxygen atoms in total. The topological polar surface area (TPSA) is 106 Å². The van der Waals surface area contributed by atoms with Gasteiger partial charge < -0.3 is 25.0 Å². The fourth-order valence-corrected chi connectivity index (χ4v) is 5.00. The number of alkyl halides is 2. The number of hydrogen-bond donors (Lipinski definition) is 2. The maximum absolute atomic E-state index is 14.2. The Hall–Kier alpha value is -4.06. The number of carbonyl (C=O) groups is 1. The molecule has 2 N–H and O–H groups in total. The Morgan fingerprint density at radius 1 is 1.21 bits per heavy atom. The van der Waals surface area contributed by atoms with E-state index in [1.54, 1.807) is 41.9 Å². The van der Waals surface area contributed by atoms with Gasteiger partial charge in [-0.05, 0) is 50.1 Å². The highest BCUT2D eigenvalue weighted by Gasteiger charge is 2.32. The minimum atomic E-state index is -2.56. The van der Waals surface area contributed by atoms with Gasteiger partial charge in [0, 0.05) is 36.5 Å². The van der Waals surface area contributed by atoms with Crippen LogP contribution in [0, 0.1) is 12.8 Å². The zero-order valence-electron chi connectivity index (χ0n) is 21.7. The van der Waals surface area contributed by atoms with Crippen molar-refractivity contribution in [3.8, 4) is 17.1 Å². The molecule has 1 amide bonds. The van der Waals surface area contributed by atoms with Crippen LogP contribution in [0.1, 0.15) is 28.9 Å². The standard InChI is InChI=1S/C27H29F2N7O3/c1-15-8-17-9-21(31-15)20-11-30-35(2)26(20)39-7-3-4-16(24(28)29)12-36-23-6-5-18(32-19-13-38-14-19)10-22(23)33-27(36)34-25(17)37/h5-6,8-11,16,19,24,32H,3-4,7,12-14H2,1-2H3,(H,33,34,37). The van der Waals surface area contributed by atoms with Crippen LogP contribution in [0.5, 0.6) is 5.88 Å². The molecule has 2 bridgehead atoms. The summed E-state index contributed by atoms with van der Waals surface area (Å²) in [6.07, 6.45) is -0.298. The van der Waals surface area contributed by atoms with Crippen LogP contribution in [0.4, 0.5) is 25.8 Å². The third kappa shape index (κ3) is 5.03. The number of aromatic nitrogens is 3. The highest BCUT2D eigenvalue weighted by atomic mass is 19.3. The number of fused-ring (bicyclic) bond motifs is 7. The molecule has 2 aromatic heterocycles. The molecule has 1 atom stereocenters. The van der Waals surface area contributed by atoms with Gasteiger partial charge in [-0.15, -0.1) is 0 Å². The number of amides is 1. The monoisotopic (exact) mass is 537 g/mol. The van der Waals surface area contributed by atoms with Gasteiger partial charge in [0.1, 0.15) is 0 Å². The number of guanidine groups is 1. The number of aliphatic imine (C=N–C) groups is 1. The highest BCUT2D eigenvalue weighted by Crippen LogP contribution is 2.37. The predicted molar refractivity (Wildman–Crippen MR) is 143 cm³/mol. The molecule has 1 aromatic carbocycles. The van der Waals surface area contributed by atoms with Crippen LogP contribution in [0.2, 0.25) is 0 Å². The van der Waals surface area contributed by atoms with E-state index in [1.165, 1.54) is 0 Å². The molecule has 0 aliphatic carbocycles. The van der Waals surface area contributed by atoms with Gasteiger partial charge >= 0.3 is 0 Å². The van der Waals surface area contributed by atoms with Crippen LogP contribution in [0.25, 0.3) is 11.3 Å². The summed E-state index contributed by atoms with van der Waals surface area (Å²) in [7, 11) is 1.74. The molecule has 3 aliphatic rings. The molecule has 0 radical (unpaired) electrons. The zero-order chi connectivity index (χ0) is 27.1. The molecular formula is C27H29F2N7O3. The summed E-state index contributed by atoms with van der Waals surface area (Å²) < 4.78 is 41.3.